The Hall–Kier alpha value is -1.55. The highest BCUT2D eigenvalue weighted by molar-refractivity contribution is 5.66. The van der Waals surface area contributed by atoms with Crippen molar-refractivity contribution in [1.29, 1.82) is 0 Å². The van der Waals surface area contributed by atoms with E-state index in [0.29, 0.717) is 13.0 Å². The van der Waals surface area contributed by atoms with Crippen molar-refractivity contribution < 1.29 is 14.6 Å². The number of rotatable bonds is 4. The first-order valence-electron chi connectivity index (χ1n) is 4.79. The van der Waals surface area contributed by atoms with Crippen molar-refractivity contribution >= 4 is 6.09 Å². The minimum absolute atomic E-state index is 0.392. The lowest BCUT2D eigenvalue weighted by atomic mass is 10.1. The molecule has 1 aromatic carbocycles. The van der Waals surface area contributed by atoms with Crippen molar-refractivity contribution in [2.45, 2.75) is 12.5 Å². The van der Waals surface area contributed by atoms with Crippen molar-refractivity contribution in [2.75, 3.05) is 13.7 Å². The second-order valence-electron chi connectivity index (χ2n) is 3.13. The van der Waals surface area contributed by atoms with Gasteiger partial charge < -0.3 is 15.2 Å². The van der Waals surface area contributed by atoms with Crippen LogP contribution in [-0.2, 0) is 4.74 Å². The van der Waals surface area contributed by atoms with Crippen LogP contribution in [0.3, 0.4) is 0 Å². The smallest absolute Gasteiger partial charge is 0.406 e. The van der Waals surface area contributed by atoms with Crippen LogP contribution in [0, 0.1) is 0 Å². The topological polar surface area (TPSA) is 58.6 Å². The molecule has 0 saturated heterocycles. The van der Waals surface area contributed by atoms with Gasteiger partial charge in [0, 0.05) is 6.54 Å². The first kappa shape index (κ1) is 11.5. The van der Waals surface area contributed by atoms with Gasteiger partial charge in [0.2, 0.25) is 0 Å². The number of aliphatic hydroxyl groups excluding tert-OH is 1. The van der Waals surface area contributed by atoms with E-state index in [1.165, 1.54) is 7.11 Å². The normalized spacial score (nSPS) is 11.9. The highest BCUT2D eigenvalue weighted by Crippen LogP contribution is 2.14. The van der Waals surface area contributed by atoms with Crippen molar-refractivity contribution in [3.8, 4) is 0 Å². The minimum atomic E-state index is -0.552. The maximum atomic E-state index is 10.7. The Morgan fingerprint density at radius 1 is 1.47 bits per heavy atom. The van der Waals surface area contributed by atoms with Crippen molar-refractivity contribution in [1.82, 2.24) is 5.32 Å². The number of hydrogen-bond donors (Lipinski definition) is 2. The van der Waals surface area contributed by atoms with Crippen LogP contribution in [0.5, 0.6) is 0 Å². The Bertz CT molecular complexity index is 300. The monoisotopic (exact) mass is 209 g/mol. The summed E-state index contributed by atoms with van der Waals surface area (Å²) in [6, 6.07) is 9.33. The number of carbonyl (C=O) groups is 1. The van der Waals surface area contributed by atoms with Crippen LogP contribution in [0.2, 0.25) is 0 Å². The molecule has 0 heterocycles. The molecule has 0 spiro atoms. The molecule has 4 heteroatoms. The molecule has 0 saturated carbocycles. The van der Waals surface area contributed by atoms with Gasteiger partial charge in [-0.15, -0.1) is 0 Å². The molecule has 0 bridgehead atoms. The summed E-state index contributed by atoms with van der Waals surface area (Å²) in [6.45, 7) is 0.392. The van der Waals surface area contributed by atoms with E-state index >= 15 is 0 Å². The lowest BCUT2D eigenvalue weighted by Gasteiger charge is -2.10. The molecule has 0 aromatic heterocycles. The van der Waals surface area contributed by atoms with E-state index in [9.17, 15) is 9.90 Å². The van der Waals surface area contributed by atoms with Crippen LogP contribution in [0.25, 0.3) is 0 Å². The number of nitrogens with one attached hydrogen (secondary N) is 1. The van der Waals surface area contributed by atoms with E-state index in [0.717, 1.165) is 5.56 Å². The van der Waals surface area contributed by atoms with Crippen LogP contribution in [0.15, 0.2) is 30.3 Å². The van der Waals surface area contributed by atoms with E-state index in [1.54, 1.807) is 0 Å². The van der Waals surface area contributed by atoms with Gasteiger partial charge in [-0.3, -0.25) is 0 Å². The average molecular weight is 209 g/mol. The Morgan fingerprint density at radius 3 is 2.73 bits per heavy atom. The summed E-state index contributed by atoms with van der Waals surface area (Å²) in [7, 11) is 1.31. The molecule has 2 N–H and O–H groups in total. The Kier molecular flexibility index (Phi) is 4.63. The summed E-state index contributed by atoms with van der Waals surface area (Å²) >= 11 is 0. The quantitative estimate of drug-likeness (QED) is 0.789. The van der Waals surface area contributed by atoms with Crippen LogP contribution < -0.4 is 5.32 Å². The summed E-state index contributed by atoms with van der Waals surface area (Å²) in [5, 5.41) is 12.2. The highest BCUT2D eigenvalue weighted by atomic mass is 16.5. The predicted molar refractivity (Wildman–Crippen MR) is 56.4 cm³/mol. The third-order valence-corrected chi connectivity index (χ3v) is 2.06. The molecule has 1 atom stereocenters. The van der Waals surface area contributed by atoms with E-state index in [1.807, 2.05) is 30.3 Å². The zero-order chi connectivity index (χ0) is 11.1. The first-order chi connectivity index (χ1) is 7.24. The summed E-state index contributed by atoms with van der Waals surface area (Å²) in [5.41, 5.74) is 0.851. The fourth-order valence-corrected chi connectivity index (χ4v) is 1.22. The molecule has 15 heavy (non-hydrogen) atoms. The van der Waals surface area contributed by atoms with Crippen LogP contribution in [0.4, 0.5) is 4.79 Å². The van der Waals surface area contributed by atoms with Gasteiger partial charge in [0.05, 0.1) is 13.2 Å². The SMILES string of the molecule is COC(=O)NCC[C@@H](O)c1ccccc1. The van der Waals surface area contributed by atoms with E-state index in [-0.39, 0.29) is 0 Å². The maximum Gasteiger partial charge on any atom is 0.406 e. The fraction of sp³-hybridized carbons (Fsp3) is 0.364. The molecule has 4 nitrogen and oxygen atoms in total. The number of benzene rings is 1. The molecule has 1 amide bonds. The molecule has 0 aliphatic rings. The number of alkyl carbamates (subject to hydrolysis) is 1. The molecule has 82 valence electrons. The molecule has 1 aromatic rings. The van der Waals surface area contributed by atoms with E-state index in [2.05, 4.69) is 10.1 Å². The molecular weight excluding hydrogens is 194 g/mol. The minimum Gasteiger partial charge on any atom is -0.453 e. The number of amides is 1. The second kappa shape index (κ2) is 6.03. The Morgan fingerprint density at radius 2 is 2.13 bits per heavy atom. The number of carbonyl (C=O) groups excluding carboxylic acids is 1. The summed E-state index contributed by atoms with van der Waals surface area (Å²) < 4.78 is 4.41. The number of methoxy groups -OCH3 is 1. The summed E-state index contributed by atoms with van der Waals surface area (Å²) in [4.78, 5) is 10.7. The van der Waals surface area contributed by atoms with Gasteiger partial charge in [-0.2, -0.15) is 0 Å². The molecule has 0 fully saturated rings. The summed E-state index contributed by atoms with van der Waals surface area (Å²) in [5.74, 6) is 0. The molecular formula is C11H15NO3. The molecule has 0 radical (unpaired) electrons. The van der Waals surface area contributed by atoms with Gasteiger partial charge in [-0.1, -0.05) is 30.3 Å². The maximum absolute atomic E-state index is 10.7. The van der Waals surface area contributed by atoms with E-state index in [4.69, 9.17) is 0 Å². The number of hydrogen-bond acceptors (Lipinski definition) is 3. The highest BCUT2D eigenvalue weighted by Gasteiger charge is 2.07. The predicted octanol–water partition coefficient (Wildman–Crippen LogP) is 1.47. The zero-order valence-corrected chi connectivity index (χ0v) is 8.64. The number of aliphatic hydroxyl groups is 1. The van der Waals surface area contributed by atoms with Crippen molar-refractivity contribution in [2.24, 2.45) is 0 Å². The molecule has 0 aliphatic carbocycles. The first-order valence-corrected chi connectivity index (χ1v) is 4.79. The van der Waals surface area contributed by atoms with Gasteiger partial charge in [0.25, 0.3) is 0 Å². The number of ether oxygens (including phenoxy) is 1. The zero-order valence-electron chi connectivity index (χ0n) is 8.64. The Labute approximate surface area is 88.9 Å². The molecule has 1 rings (SSSR count). The third-order valence-electron chi connectivity index (χ3n) is 2.06. The Balaban J connectivity index is 2.31. The van der Waals surface area contributed by atoms with Gasteiger partial charge in [0.15, 0.2) is 0 Å². The molecule has 0 aliphatic heterocycles. The van der Waals surface area contributed by atoms with Gasteiger partial charge >= 0.3 is 6.09 Å². The summed E-state index contributed by atoms with van der Waals surface area (Å²) in [6.07, 6.45) is -0.558. The average Bonchev–Trinajstić information content (AvgIpc) is 2.29. The lowest BCUT2D eigenvalue weighted by Crippen LogP contribution is -2.25. The van der Waals surface area contributed by atoms with Crippen LogP contribution >= 0.6 is 0 Å². The van der Waals surface area contributed by atoms with Gasteiger partial charge in [0.1, 0.15) is 0 Å². The van der Waals surface area contributed by atoms with Gasteiger partial charge in [-0.05, 0) is 12.0 Å². The van der Waals surface area contributed by atoms with Crippen molar-refractivity contribution in [3.05, 3.63) is 35.9 Å². The lowest BCUT2D eigenvalue weighted by molar-refractivity contribution is 0.155. The molecule has 0 unspecified atom stereocenters. The third kappa shape index (κ3) is 3.99. The largest absolute Gasteiger partial charge is 0.453 e. The van der Waals surface area contributed by atoms with Crippen molar-refractivity contribution in [3.63, 3.8) is 0 Å². The van der Waals surface area contributed by atoms with Crippen LogP contribution in [-0.4, -0.2) is 24.9 Å². The van der Waals surface area contributed by atoms with Gasteiger partial charge in [-0.25, -0.2) is 4.79 Å². The second-order valence-corrected chi connectivity index (χ2v) is 3.13. The van der Waals surface area contributed by atoms with E-state index < -0.39 is 12.2 Å². The standard InChI is InChI=1S/C11H15NO3/c1-15-11(14)12-8-7-10(13)9-5-3-2-4-6-9/h2-6,10,13H,7-8H2,1H3,(H,12,14)/t10-/m1/s1. The van der Waals surface area contributed by atoms with Crippen LogP contribution in [0.1, 0.15) is 18.1 Å². The fourth-order valence-electron chi connectivity index (χ4n) is 1.22.